The number of amides is 5. The van der Waals surface area contributed by atoms with Crippen LogP contribution >= 0.6 is 0 Å². The lowest BCUT2D eigenvalue weighted by Gasteiger charge is -2.61. The van der Waals surface area contributed by atoms with Crippen LogP contribution in [0.25, 0.3) is 32.3 Å². The standard InChI is InChI=1S/C33H40F2N6O2.C26H24N4O3.C25H24N4O3/c1-2-30(42)39-16-18-40(19-17-39)32-27-11-15-41(29-22-25(31(34)35)21-24-9-4-5-10-26(24)29)23-28(27)36-33(37-32)43-20-8-14-38-12-6-3-7-13-38;1-2-24(32)29-15-26(16-29)13-28(14-26)22-7-8-27-21-12-30(25(33)11-20(21)22)23-10-18(31)9-17-5-3-4-6-19(17)23;1-2-24(31)28-11-9-27(10-12-28)22-7-8-26-21-16-29(25(32)15-20(21)22)23-14-18(30)13-17-5-3-4-6-19(17)23/h2,4-5,9-10,21-22,31H,1,3,6-8,11-20,23H2;2-10,31H,1,11-16H2;2-8,13-14,30H,1,9-12,15-16H2. The minimum Gasteiger partial charge on any atom is -0.508 e. The zero-order valence-electron chi connectivity index (χ0n) is 60.6. The summed E-state index contributed by atoms with van der Waals surface area (Å²) < 4.78 is 33.9. The van der Waals surface area contributed by atoms with Crippen LogP contribution in [0, 0.1) is 5.41 Å². The van der Waals surface area contributed by atoms with Crippen molar-refractivity contribution in [2.45, 2.75) is 71.0 Å². The van der Waals surface area contributed by atoms with Gasteiger partial charge in [-0.2, -0.15) is 9.97 Å². The third-order valence-corrected chi connectivity index (χ3v) is 22.2. The molecule has 24 heteroatoms. The number of pyridine rings is 2. The van der Waals surface area contributed by atoms with E-state index >= 15 is 0 Å². The molecule has 5 fully saturated rings. The van der Waals surface area contributed by atoms with Gasteiger partial charge in [-0.05, 0) is 110 Å². The second-order valence-corrected chi connectivity index (χ2v) is 29.1. The molecule has 0 unspecified atom stereocenters. The van der Waals surface area contributed by atoms with Gasteiger partial charge in [-0.1, -0.05) is 99.0 Å². The molecule has 5 saturated heterocycles. The Morgan fingerprint density at radius 2 is 1.00 bits per heavy atom. The number of likely N-dealkylation sites (tertiary alicyclic amines) is 2. The molecule has 1 spiro atoms. The number of ether oxygens (including phenoxy) is 1. The van der Waals surface area contributed by atoms with E-state index < -0.39 is 6.43 Å². The number of carbonyl (C=O) groups is 5. The van der Waals surface area contributed by atoms with Gasteiger partial charge in [0.25, 0.3) is 6.43 Å². The first-order valence-electron chi connectivity index (χ1n) is 37.3. The molecule has 8 aliphatic rings. The van der Waals surface area contributed by atoms with Gasteiger partial charge in [-0.15, -0.1) is 0 Å². The Balaban J connectivity index is 0.000000131. The highest BCUT2D eigenvalue weighted by molar-refractivity contribution is 6.08. The molecule has 0 bridgehead atoms. The van der Waals surface area contributed by atoms with Crippen LogP contribution in [0.4, 0.5) is 43.0 Å². The lowest BCUT2D eigenvalue weighted by atomic mass is 9.72. The first kappa shape index (κ1) is 72.1. The van der Waals surface area contributed by atoms with E-state index in [9.17, 15) is 43.0 Å². The number of phenols is 2. The lowest BCUT2D eigenvalue weighted by Crippen LogP contribution is -2.73. The monoisotopic (exact) mass is 1460 g/mol. The highest BCUT2D eigenvalue weighted by atomic mass is 19.3. The molecule has 11 heterocycles. The van der Waals surface area contributed by atoms with Crippen LogP contribution in [-0.4, -0.2) is 191 Å². The second kappa shape index (κ2) is 31.1. The van der Waals surface area contributed by atoms with Crippen molar-refractivity contribution in [1.82, 2.24) is 39.5 Å². The molecular formula is C84H88F2N14O8. The number of piperidine rings is 1. The van der Waals surface area contributed by atoms with Gasteiger partial charge in [0.2, 0.25) is 29.5 Å². The number of alkyl halides is 2. The van der Waals surface area contributed by atoms with E-state index in [-0.39, 0.29) is 64.9 Å². The van der Waals surface area contributed by atoms with Crippen molar-refractivity contribution in [1.29, 1.82) is 0 Å². The van der Waals surface area contributed by atoms with Gasteiger partial charge < -0.3 is 63.9 Å². The third kappa shape index (κ3) is 14.9. The Hall–Kier alpha value is -11.5. The van der Waals surface area contributed by atoms with Crippen LogP contribution in [0.1, 0.15) is 71.4 Å². The van der Waals surface area contributed by atoms with E-state index in [4.69, 9.17) is 14.7 Å². The smallest absolute Gasteiger partial charge is 0.318 e. The van der Waals surface area contributed by atoms with Crippen molar-refractivity contribution < 1.29 is 47.7 Å². The Morgan fingerprint density at radius 1 is 0.500 bits per heavy atom. The summed E-state index contributed by atoms with van der Waals surface area (Å²) >= 11 is 0. The van der Waals surface area contributed by atoms with Crippen LogP contribution in [0.2, 0.25) is 0 Å². The van der Waals surface area contributed by atoms with Gasteiger partial charge in [0.1, 0.15) is 17.3 Å². The fraction of sp³-hybridized carbons (Fsp3) is 0.345. The van der Waals surface area contributed by atoms with Crippen molar-refractivity contribution in [3.8, 4) is 17.5 Å². The summed E-state index contributed by atoms with van der Waals surface area (Å²) in [6.45, 7) is 24.8. The minimum absolute atomic E-state index is 0.00543. The van der Waals surface area contributed by atoms with Crippen LogP contribution in [0.15, 0.2) is 172 Å². The maximum Gasteiger partial charge on any atom is 0.318 e. The highest BCUT2D eigenvalue weighted by Gasteiger charge is 2.53. The third-order valence-electron chi connectivity index (χ3n) is 22.2. The van der Waals surface area contributed by atoms with Gasteiger partial charge in [-0.25, -0.2) is 8.78 Å². The van der Waals surface area contributed by atoms with Gasteiger partial charge >= 0.3 is 6.01 Å². The van der Waals surface area contributed by atoms with E-state index in [0.717, 1.165) is 141 Å². The summed E-state index contributed by atoms with van der Waals surface area (Å²) in [7, 11) is 0. The van der Waals surface area contributed by atoms with Gasteiger partial charge in [-0.3, -0.25) is 33.9 Å². The molecular weight excluding hydrogens is 1370 g/mol. The summed E-state index contributed by atoms with van der Waals surface area (Å²) in [4.78, 5) is 102. The maximum atomic E-state index is 13.9. The summed E-state index contributed by atoms with van der Waals surface area (Å²) in [6.07, 6.45) is 11.0. The normalized spacial score (nSPS) is 17.6. The molecule has 5 amide bonds. The summed E-state index contributed by atoms with van der Waals surface area (Å²) in [6, 6.07) is 37.4. The number of benzene rings is 6. The molecule has 108 heavy (non-hydrogen) atoms. The fourth-order valence-electron chi connectivity index (χ4n) is 16.7. The van der Waals surface area contributed by atoms with E-state index in [0.29, 0.717) is 109 Å². The Morgan fingerprint density at radius 3 is 1.54 bits per heavy atom. The highest BCUT2D eigenvalue weighted by Crippen LogP contribution is 2.46. The Kier molecular flexibility index (Phi) is 20.8. The number of carbonyl (C=O) groups excluding carboxylic acids is 5. The average molecular weight is 1460 g/mol. The summed E-state index contributed by atoms with van der Waals surface area (Å²) in [5.41, 5.74) is 10.0. The van der Waals surface area contributed by atoms with E-state index in [2.05, 4.69) is 54.2 Å². The number of phenolic OH excluding ortho intramolecular Hbond substituents is 2. The molecule has 0 saturated carbocycles. The number of hydrogen-bond acceptors (Lipinski definition) is 17. The molecule has 22 nitrogen and oxygen atoms in total. The van der Waals surface area contributed by atoms with Crippen molar-refractivity contribution in [3.63, 3.8) is 0 Å². The maximum absolute atomic E-state index is 13.9. The number of aromatic hydroxyl groups is 2. The van der Waals surface area contributed by atoms with Gasteiger partial charge in [0, 0.05) is 177 Å². The number of anilines is 6. The zero-order valence-corrected chi connectivity index (χ0v) is 60.6. The lowest BCUT2D eigenvalue weighted by molar-refractivity contribution is -0.139. The van der Waals surface area contributed by atoms with Crippen molar-refractivity contribution >= 4 is 96.1 Å². The molecule has 17 rings (SSSR count). The number of halogens is 2. The molecule has 6 aromatic carbocycles. The predicted octanol–water partition coefficient (Wildman–Crippen LogP) is 10.9. The zero-order chi connectivity index (χ0) is 74.7. The van der Waals surface area contributed by atoms with E-state index in [1.54, 1.807) is 62.2 Å². The first-order valence-corrected chi connectivity index (χ1v) is 37.3. The molecule has 9 aromatic rings. The average Bonchev–Trinajstić information content (AvgIpc) is 0.724. The topological polar surface area (TPSA) is 219 Å². The van der Waals surface area contributed by atoms with Crippen LogP contribution in [0.3, 0.4) is 0 Å². The molecule has 0 atom stereocenters. The number of fused-ring (bicyclic) bond motifs is 6. The van der Waals surface area contributed by atoms with Gasteiger partial charge in [0.15, 0.2) is 0 Å². The van der Waals surface area contributed by atoms with Gasteiger partial charge in [0.05, 0.1) is 67.5 Å². The van der Waals surface area contributed by atoms with Crippen LogP contribution in [0.5, 0.6) is 17.5 Å². The van der Waals surface area contributed by atoms with E-state index in [1.165, 1.54) is 37.5 Å². The number of nitrogens with zero attached hydrogens (tertiary/aromatic N) is 14. The number of rotatable bonds is 15. The number of piperazine rings is 2. The molecule has 2 N–H and O–H groups in total. The quantitative estimate of drug-likeness (QED) is 0.0720. The molecule has 3 aromatic heterocycles. The van der Waals surface area contributed by atoms with E-state index in [1.807, 2.05) is 96.0 Å². The van der Waals surface area contributed by atoms with Crippen LogP contribution in [-0.2, 0) is 62.9 Å². The summed E-state index contributed by atoms with van der Waals surface area (Å²) in [5.74, 6) is 0.974. The largest absolute Gasteiger partial charge is 0.508 e. The van der Waals surface area contributed by atoms with Crippen molar-refractivity contribution in [2.24, 2.45) is 5.41 Å². The van der Waals surface area contributed by atoms with Crippen LogP contribution < -0.4 is 34.1 Å². The molecule has 0 aliphatic carbocycles. The predicted molar refractivity (Wildman–Crippen MR) is 415 cm³/mol. The SMILES string of the molecule is C=CC(=O)N1CC2(C1)CN(c1ccnc3c1CC(=O)N(c1cc(O)cc4ccccc14)C3)C2.C=CC(=O)N1CCN(c2ccnc3c2CC(=O)N(c2cc(O)cc4ccccc24)C3)CC1.C=CC(=O)N1CCN(c2nc(OCCCN3CCCCC3)nc3c2CCN(c2cc(C(F)F)cc4ccccc24)C3)CC1. The number of hydrogen-bond donors (Lipinski definition) is 2. The fourth-order valence-corrected chi connectivity index (χ4v) is 16.7. The number of aromatic nitrogens is 4. The molecule has 0 radical (unpaired) electrons. The second-order valence-electron chi connectivity index (χ2n) is 29.1. The Bertz CT molecular complexity index is 4980. The Labute approximate surface area is 626 Å². The molecule has 8 aliphatic heterocycles. The van der Waals surface area contributed by atoms with Crippen molar-refractivity contribution in [3.05, 3.63) is 211 Å². The summed E-state index contributed by atoms with van der Waals surface area (Å²) in [5, 5.41) is 25.8. The molecule has 556 valence electrons. The van der Waals surface area contributed by atoms with Crippen molar-refractivity contribution in [2.75, 3.05) is 141 Å². The minimum atomic E-state index is -2.55. The first-order chi connectivity index (χ1) is 52.5.